The lowest BCUT2D eigenvalue weighted by molar-refractivity contribution is 1.26. The van der Waals surface area contributed by atoms with Gasteiger partial charge in [-0.05, 0) is 9.62 Å². The lowest BCUT2D eigenvalue weighted by atomic mass is 10.5. The van der Waals surface area contributed by atoms with Gasteiger partial charge in [0.2, 0.25) is 0 Å². The molecule has 0 bridgehead atoms. The van der Waals surface area contributed by atoms with Gasteiger partial charge in [0.15, 0.2) is 0 Å². The van der Waals surface area contributed by atoms with E-state index in [1.165, 1.54) is 6.42 Å². The van der Waals surface area contributed by atoms with Gasteiger partial charge in [-0.25, -0.2) is 0 Å². The molecule has 0 aromatic heterocycles. The number of alkyl halides is 1. The highest BCUT2D eigenvalue weighted by Crippen LogP contribution is 2.21. The van der Waals surface area contributed by atoms with Crippen LogP contribution >= 0.6 is 38.5 Å². The van der Waals surface area contributed by atoms with Crippen LogP contribution in [0.5, 0.6) is 0 Å². The first-order valence-corrected chi connectivity index (χ1v) is 9.10. The largest absolute Gasteiger partial charge is 0.0925 e. The Bertz CT molecular complexity index is 126. The van der Waals surface area contributed by atoms with Crippen LogP contribution in [0, 0.1) is 0 Å². The molecule has 0 aliphatic carbocycles. The molecule has 0 saturated heterocycles. The van der Waals surface area contributed by atoms with Crippen molar-refractivity contribution in [2.24, 2.45) is 0 Å². The molecule has 0 rings (SSSR count). The maximum Gasteiger partial charge on any atom is 0.0850 e. The molecule has 0 atom stereocenters. The van der Waals surface area contributed by atoms with Gasteiger partial charge in [0, 0.05) is 5.33 Å². The van der Waals surface area contributed by atoms with Crippen molar-refractivity contribution >= 4 is 46.6 Å². The van der Waals surface area contributed by atoms with Crippen molar-refractivity contribution in [2.75, 3.05) is 5.33 Å². The fourth-order valence-electron chi connectivity index (χ4n) is 0.487. The molecule has 0 saturated carbocycles. The Balaban J connectivity index is 3.93. The Hall–Kier alpha value is 1.17. The summed E-state index contributed by atoms with van der Waals surface area (Å²) in [6.07, 6.45) is 3.52. The van der Waals surface area contributed by atoms with Crippen LogP contribution in [0.25, 0.3) is 0 Å². The van der Waals surface area contributed by atoms with E-state index >= 15 is 0 Å². The fourth-order valence-corrected chi connectivity index (χ4v) is 1.78. The molecule has 0 aliphatic rings. The first-order chi connectivity index (χ1) is 4.48. The average molecular weight is 333 g/mol. The average Bonchev–Trinajstić information content (AvgIpc) is 1.80. The molecule has 0 amide bonds. The lowest BCUT2D eigenvalue weighted by Crippen LogP contribution is -2.20. The summed E-state index contributed by atoms with van der Waals surface area (Å²) >= 11 is 5.89. The Morgan fingerprint density at radius 3 is 2.30 bits per heavy atom. The van der Waals surface area contributed by atoms with Crippen LogP contribution in [0.2, 0.25) is 19.6 Å². The van der Waals surface area contributed by atoms with Gasteiger partial charge in [-0.2, -0.15) is 0 Å². The van der Waals surface area contributed by atoms with Gasteiger partial charge in [-0.1, -0.05) is 64.2 Å². The summed E-state index contributed by atoms with van der Waals surface area (Å²) in [6, 6.07) is 0. The van der Waals surface area contributed by atoms with Gasteiger partial charge in [-0.3, -0.25) is 0 Å². The second-order valence-corrected chi connectivity index (χ2v) is 11.3. The van der Waals surface area contributed by atoms with Crippen molar-refractivity contribution in [3.8, 4) is 0 Å². The molecular weight excluding hydrogens is 319 g/mol. The molecule has 0 aromatic carbocycles. The normalized spacial score (nSPS) is 13.9. The molecule has 0 radical (unpaired) electrons. The third-order valence-corrected chi connectivity index (χ3v) is 8.54. The second kappa shape index (κ2) is 4.93. The fraction of sp³-hybridized carbons (Fsp3) is 0.714. The molecule has 0 heterocycles. The SMILES string of the molecule is C[Si](C)(C)C(I)=CCCBr. The summed E-state index contributed by atoms with van der Waals surface area (Å²) in [5.74, 6) is 0. The smallest absolute Gasteiger partial charge is 0.0850 e. The van der Waals surface area contributed by atoms with Gasteiger partial charge in [0.25, 0.3) is 0 Å². The second-order valence-electron chi connectivity index (χ2n) is 3.28. The zero-order valence-electron chi connectivity index (χ0n) is 6.75. The summed E-state index contributed by atoms with van der Waals surface area (Å²) in [7, 11) is -0.971. The molecule has 0 nitrogen and oxygen atoms in total. The minimum absolute atomic E-state index is 0.971. The number of hydrogen-bond acceptors (Lipinski definition) is 0. The van der Waals surface area contributed by atoms with Crippen molar-refractivity contribution in [3.63, 3.8) is 0 Å². The molecule has 0 spiro atoms. The summed E-state index contributed by atoms with van der Waals surface area (Å²) < 4.78 is 1.59. The van der Waals surface area contributed by atoms with E-state index in [4.69, 9.17) is 0 Å². The van der Waals surface area contributed by atoms with E-state index in [9.17, 15) is 0 Å². The predicted molar refractivity (Wildman–Crippen MR) is 63.9 cm³/mol. The van der Waals surface area contributed by atoms with Gasteiger partial charge < -0.3 is 0 Å². The molecule has 0 N–H and O–H groups in total. The van der Waals surface area contributed by atoms with Crippen molar-refractivity contribution in [2.45, 2.75) is 26.1 Å². The summed E-state index contributed by atoms with van der Waals surface area (Å²) in [5.41, 5.74) is 0. The molecule has 10 heavy (non-hydrogen) atoms. The van der Waals surface area contributed by atoms with Crippen molar-refractivity contribution in [3.05, 3.63) is 9.28 Å². The first kappa shape index (κ1) is 11.2. The van der Waals surface area contributed by atoms with Crippen LogP contribution in [0.1, 0.15) is 6.42 Å². The van der Waals surface area contributed by atoms with Crippen LogP contribution in [-0.2, 0) is 0 Å². The highest BCUT2D eigenvalue weighted by molar-refractivity contribution is 14.1. The number of halogens is 2. The number of rotatable bonds is 3. The van der Waals surface area contributed by atoms with E-state index in [1.807, 2.05) is 0 Å². The van der Waals surface area contributed by atoms with E-state index in [-0.39, 0.29) is 0 Å². The Morgan fingerprint density at radius 1 is 1.50 bits per heavy atom. The lowest BCUT2D eigenvalue weighted by Gasteiger charge is -2.14. The monoisotopic (exact) mass is 332 g/mol. The van der Waals surface area contributed by atoms with Crippen LogP contribution in [0.3, 0.4) is 0 Å². The highest BCUT2D eigenvalue weighted by Gasteiger charge is 2.15. The van der Waals surface area contributed by atoms with Gasteiger partial charge >= 0.3 is 0 Å². The maximum atomic E-state index is 3.41. The standard InChI is InChI=1S/C7H14BrISi/c1-10(2,3)7(9)5-4-6-8/h5H,4,6H2,1-3H3. The van der Waals surface area contributed by atoms with Crippen molar-refractivity contribution in [1.29, 1.82) is 0 Å². The number of hydrogen-bond donors (Lipinski definition) is 0. The first-order valence-electron chi connectivity index (χ1n) is 3.40. The summed E-state index contributed by atoms with van der Waals surface area (Å²) in [4.78, 5) is 0. The Labute approximate surface area is 86.7 Å². The molecule has 0 aromatic rings. The molecule has 60 valence electrons. The molecule has 3 heteroatoms. The van der Waals surface area contributed by atoms with Crippen LogP contribution < -0.4 is 0 Å². The minimum Gasteiger partial charge on any atom is -0.0925 e. The van der Waals surface area contributed by atoms with Crippen molar-refractivity contribution < 1.29 is 0 Å². The van der Waals surface area contributed by atoms with Crippen molar-refractivity contribution in [1.82, 2.24) is 0 Å². The van der Waals surface area contributed by atoms with Crippen LogP contribution in [0.4, 0.5) is 0 Å². The maximum absolute atomic E-state index is 3.41. The third-order valence-electron chi connectivity index (χ3n) is 1.15. The van der Waals surface area contributed by atoms with E-state index < -0.39 is 8.07 Å². The summed E-state index contributed by atoms with van der Waals surface area (Å²) in [6.45, 7) is 7.12. The quantitative estimate of drug-likeness (QED) is 0.417. The Morgan fingerprint density at radius 2 is 2.00 bits per heavy atom. The molecular formula is C7H14BrISi. The number of allylic oxidation sites excluding steroid dienone is 1. The van der Waals surface area contributed by atoms with Crippen LogP contribution in [-0.4, -0.2) is 13.4 Å². The minimum atomic E-state index is -0.971. The molecule has 0 unspecified atom stereocenters. The third kappa shape index (κ3) is 4.90. The van der Waals surface area contributed by atoms with E-state index in [1.54, 1.807) is 3.20 Å². The Kier molecular flexibility index (Phi) is 5.50. The van der Waals surface area contributed by atoms with E-state index in [0.29, 0.717) is 0 Å². The van der Waals surface area contributed by atoms with Gasteiger partial charge in [0.05, 0.1) is 8.07 Å². The molecule has 0 fully saturated rings. The summed E-state index contributed by atoms with van der Waals surface area (Å²) in [5, 5.41) is 1.09. The topological polar surface area (TPSA) is 0 Å². The van der Waals surface area contributed by atoms with E-state index in [2.05, 4.69) is 64.2 Å². The zero-order chi connectivity index (χ0) is 8.20. The highest BCUT2D eigenvalue weighted by atomic mass is 127. The van der Waals surface area contributed by atoms with Gasteiger partial charge in [0.1, 0.15) is 0 Å². The van der Waals surface area contributed by atoms with Crippen LogP contribution in [0.15, 0.2) is 9.28 Å². The predicted octanol–water partition coefficient (Wildman–Crippen LogP) is 3.97. The van der Waals surface area contributed by atoms with Gasteiger partial charge in [-0.15, -0.1) is 0 Å². The zero-order valence-corrected chi connectivity index (χ0v) is 11.5. The van der Waals surface area contributed by atoms with E-state index in [0.717, 1.165) is 5.33 Å². The molecule has 0 aliphatic heterocycles.